The Balaban J connectivity index is 1.75. The Morgan fingerprint density at radius 1 is 1.38 bits per heavy atom. The molecule has 5 nitrogen and oxygen atoms in total. The molecule has 2 aromatic rings. The van der Waals surface area contributed by atoms with Gasteiger partial charge in [0.1, 0.15) is 0 Å². The first-order valence-corrected chi connectivity index (χ1v) is 7.88. The fourth-order valence-electron chi connectivity index (χ4n) is 2.63. The highest BCUT2D eigenvalue weighted by atomic mass is 79.9. The number of ether oxygens (including phenoxy) is 1. The third-order valence-electron chi connectivity index (χ3n) is 3.83. The summed E-state index contributed by atoms with van der Waals surface area (Å²) < 4.78 is 12.1. The SMILES string of the molecule is CNC1CCOCC1c1nc(Cc2ccccc2Br)no1. The Kier molecular flexibility index (Phi) is 4.67. The van der Waals surface area contributed by atoms with E-state index in [1.807, 2.05) is 25.2 Å². The van der Waals surface area contributed by atoms with Crippen LogP contribution in [0.5, 0.6) is 0 Å². The standard InChI is InChI=1S/C15H18BrN3O2/c1-17-13-6-7-20-9-11(13)15-18-14(19-21-15)8-10-4-2-3-5-12(10)16/h2-5,11,13,17H,6-9H2,1H3. The number of nitrogens with one attached hydrogen (secondary N) is 1. The van der Waals surface area contributed by atoms with E-state index in [2.05, 4.69) is 37.5 Å². The molecular weight excluding hydrogens is 334 g/mol. The van der Waals surface area contributed by atoms with E-state index in [-0.39, 0.29) is 5.92 Å². The molecule has 112 valence electrons. The molecule has 1 saturated heterocycles. The summed E-state index contributed by atoms with van der Waals surface area (Å²) in [5.41, 5.74) is 1.15. The van der Waals surface area contributed by atoms with E-state index < -0.39 is 0 Å². The molecule has 1 aliphatic heterocycles. The molecule has 1 fully saturated rings. The van der Waals surface area contributed by atoms with Crippen molar-refractivity contribution < 1.29 is 9.26 Å². The van der Waals surface area contributed by atoms with Crippen molar-refractivity contribution in [3.63, 3.8) is 0 Å². The van der Waals surface area contributed by atoms with Gasteiger partial charge in [0.25, 0.3) is 0 Å². The fourth-order valence-corrected chi connectivity index (χ4v) is 3.05. The van der Waals surface area contributed by atoms with Crippen LogP contribution in [-0.2, 0) is 11.2 Å². The highest BCUT2D eigenvalue weighted by molar-refractivity contribution is 9.10. The Bertz CT molecular complexity index is 602. The average molecular weight is 352 g/mol. The van der Waals surface area contributed by atoms with Crippen molar-refractivity contribution in [2.45, 2.75) is 24.8 Å². The Morgan fingerprint density at radius 3 is 3.05 bits per heavy atom. The second-order valence-corrected chi connectivity index (χ2v) is 6.04. The van der Waals surface area contributed by atoms with Crippen LogP contribution in [0.2, 0.25) is 0 Å². The number of likely N-dealkylation sites (N-methyl/N-ethyl adjacent to an activating group) is 1. The molecule has 0 saturated carbocycles. The molecule has 0 radical (unpaired) electrons. The van der Waals surface area contributed by atoms with Crippen LogP contribution < -0.4 is 5.32 Å². The Hall–Kier alpha value is -1.24. The summed E-state index contributed by atoms with van der Waals surface area (Å²) in [6, 6.07) is 8.40. The van der Waals surface area contributed by atoms with E-state index in [4.69, 9.17) is 9.26 Å². The molecule has 1 aliphatic rings. The van der Waals surface area contributed by atoms with Gasteiger partial charge in [-0.25, -0.2) is 0 Å². The minimum Gasteiger partial charge on any atom is -0.381 e. The van der Waals surface area contributed by atoms with Crippen LogP contribution in [0.3, 0.4) is 0 Å². The Morgan fingerprint density at radius 2 is 2.24 bits per heavy atom. The molecule has 0 aliphatic carbocycles. The summed E-state index contributed by atoms with van der Waals surface area (Å²) in [6.45, 7) is 1.40. The number of hydrogen-bond acceptors (Lipinski definition) is 5. The smallest absolute Gasteiger partial charge is 0.233 e. The van der Waals surface area contributed by atoms with Crippen LogP contribution in [0.1, 0.15) is 29.6 Å². The van der Waals surface area contributed by atoms with Crippen molar-refractivity contribution >= 4 is 15.9 Å². The largest absolute Gasteiger partial charge is 0.381 e. The van der Waals surface area contributed by atoms with E-state index in [1.54, 1.807) is 0 Å². The van der Waals surface area contributed by atoms with Crippen molar-refractivity contribution in [2.75, 3.05) is 20.3 Å². The quantitative estimate of drug-likeness (QED) is 0.916. The molecule has 21 heavy (non-hydrogen) atoms. The van der Waals surface area contributed by atoms with Gasteiger partial charge in [-0.05, 0) is 25.1 Å². The van der Waals surface area contributed by atoms with Gasteiger partial charge in [-0.2, -0.15) is 4.98 Å². The van der Waals surface area contributed by atoms with Crippen molar-refractivity contribution in [3.05, 3.63) is 46.0 Å². The van der Waals surface area contributed by atoms with Crippen molar-refractivity contribution in [3.8, 4) is 0 Å². The normalized spacial score (nSPS) is 22.4. The number of benzene rings is 1. The molecule has 0 spiro atoms. The monoisotopic (exact) mass is 351 g/mol. The maximum absolute atomic E-state index is 5.54. The minimum absolute atomic E-state index is 0.129. The summed E-state index contributed by atoms with van der Waals surface area (Å²) in [6.07, 6.45) is 1.62. The van der Waals surface area contributed by atoms with E-state index in [0.29, 0.717) is 30.8 Å². The lowest BCUT2D eigenvalue weighted by Crippen LogP contribution is -2.39. The van der Waals surface area contributed by atoms with Gasteiger partial charge in [-0.15, -0.1) is 0 Å². The fraction of sp³-hybridized carbons (Fsp3) is 0.467. The molecule has 6 heteroatoms. The predicted octanol–water partition coefficient (Wildman–Crippen LogP) is 2.51. The number of halogens is 1. The van der Waals surface area contributed by atoms with Gasteiger partial charge in [0.05, 0.1) is 12.5 Å². The van der Waals surface area contributed by atoms with Gasteiger partial charge >= 0.3 is 0 Å². The topological polar surface area (TPSA) is 60.2 Å². The zero-order chi connectivity index (χ0) is 14.7. The van der Waals surface area contributed by atoms with Crippen molar-refractivity contribution in [2.24, 2.45) is 0 Å². The lowest BCUT2D eigenvalue weighted by atomic mass is 9.96. The highest BCUT2D eigenvalue weighted by Gasteiger charge is 2.30. The molecular formula is C15H18BrN3O2. The van der Waals surface area contributed by atoms with Gasteiger partial charge in [-0.3, -0.25) is 0 Å². The zero-order valence-corrected chi connectivity index (χ0v) is 13.5. The maximum atomic E-state index is 5.54. The van der Waals surface area contributed by atoms with Crippen molar-refractivity contribution in [1.82, 2.24) is 15.5 Å². The molecule has 1 aromatic carbocycles. The minimum atomic E-state index is 0.129. The van der Waals surface area contributed by atoms with Crippen LogP contribution >= 0.6 is 15.9 Å². The maximum Gasteiger partial charge on any atom is 0.233 e. The lowest BCUT2D eigenvalue weighted by molar-refractivity contribution is 0.0516. The third kappa shape index (κ3) is 3.33. The first-order valence-electron chi connectivity index (χ1n) is 7.09. The highest BCUT2D eigenvalue weighted by Crippen LogP contribution is 2.25. The first kappa shape index (κ1) is 14.7. The number of aromatic nitrogens is 2. The second-order valence-electron chi connectivity index (χ2n) is 5.18. The van der Waals surface area contributed by atoms with E-state index in [1.165, 1.54) is 0 Å². The summed E-state index contributed by atoms with van der Waals surface area (Å²) >= 11 is 3.54. The van der Waals surface area contributed by atoms with Crippen LogP contribution in [0, 0.1) is 0 Å². The Labute approximate surface area is 132 Å². The second kappa shape index (κ2) is 6.68. The molecule has 2 atom stereocenters. The predicted molar refractivity (Wildman–Crippen MR) is 82.3 cm³/mol. The van der Waals surface area contributed by atoms with Crippen LogP contribution in [0.15, 0.2) is 33.3 Å². The molecule has 3 rings (SSSR count). The van der Waals surface area contributed by atoms with E-state index in [9.17, 15) is 0 Å². The number of hydrogen-bond donors (Lipinski definition) is 1. The molecule has 1 aromatic heterocycles. The van der Waals surface area contributed by atoms with Crippen molar-refractivity contribution in [1.29, 1.82) is 0 Å². The molecule has 1 N–H and O–H groups in total. The molecule has 0 bridgehead atoms. The number of nitrogens with zero attached hydrogens (tertiary/aromatic N) is 2. The average Bonchev–Trinajstić information content (AvgIpc) is 2.98. The van der Waals surface area contributed by atoms with E-state index >= 15 is 0 Å². The summed E-state index contributed by atoms with van der Waals surface area (Å²) in [5.74, 6) is 1.50. The summed E-state index contributed by atoms with van der Waals surface area (Å²) in [5, 5.41) is 7.41. The van der Waals surface area contributed by atoms with Gasteiger partial charge < -0.3 is 14.6 Å². The van der Waals surface area contributed by atoms with Gasteiger partial charge in [0.15, 0.2) is 5.82 Å². The molecule has 2 unspecified atom stereocenters. The third-order valence-corrected chi connectivity index (χ3v) is 4.61. The number of rotatable bonds is 4. The van der Waals surface area contributed by atoms with Crippen LogP contribution in [-0.4, -0.2) is 36.4 Å². The first-order chi connectivity index (χ1) is 10.3. The lowest BCUT2D eigenvalue weighted by Gasteiger charge is -2.28. The zero-order valence-electron chi connectivity index (χ0n) is 11.9. The summed E-state index contributed by atoms with van der Waals surface area (Å²) in [4.78, 5) is 4.55. The van der Waals surface area contributed by atoms with Crippen LogP contribution in [0.4, 0.5) is 0 Å². The molecule has 2 heterocycles. The van der Waals surface area contributed by atoms with Gasteiger partial charge in [0, 0.05) is 23.5 Å². The van der Waals surface area contributed by atoms with Crippen LogP contribution in [0.25, 0.3) is 0 Å². The van der Waals surface area contributed by atoms with Gasteiger partial charge in [-0.1, -0.05) is 39.3 Å². The van der Waals surface area contributed by atoms with Gasteiger partial charge in [0.2, 0.25) is 5.89 Å². The summed E-state index contributed by atoms with van der Waals surface area (Å²) in [7, 11) is 1.96. The van der Waals surface area contributed by atoms with E-state index in [0.717, 1.165) is 23.1 Å². The molecule has 0 amide bonds.